The molecule has 0 unspecified atom stereocenters. The zero-order valence-electron chi connectivity index (χ0n) is 15.9. The molecule has 2 N–H and O–H groups in total. The van der Waals surface area contributed by atoms with Gasteiger partial charge in [0.2, 0.25) is 0 Å². The molecule has 2 aromatic rings. The van der Waals surface area contributed by atoms with Crippen LogP contribution in [0.5, 0.6) is 5.75 Å². The van der Waals surface area contributed by atoms with Gasteiger partial charge in [0, 0.05) is 18.5 Å². The summed E-state index contributed by atoms with van der Waals surface area (Å²) in [5.41, 5.74) is 1.37. The fourth-order valence-electron chi connectivity index (χ4n) is 3.22. The van der Waals surface area contributed by atoms with Gasteiger partial charge in [0.05, 0.1) is 23.4 Å². The van der Waals surface area contributed by atoms with Crippen LogP contribution in [0.2, 0.25) is 0 Å². The number of carbonyl (C=O) groups excluding carboxylic acids is 2. The predicted octanol–water partition coefficient (Wildman–Crippen LogP) is 3.74. The van der Waals surface area contributed by atoms with E-state index in [1.165, 1.54) is 0 Å². The molecule has 1 aliphatic heterocycles. The highest BCUT2D eigenvalue weighted by atomic mass is 16.5. The predicted molar refractivity (Wildman–Crippen MR) is 106 cm³/mol. The van der Waals surface area contributed by atoms with Crippen LogP contribution >= 0.6 is 0 Å². The molecular formula is C21H26N2O4. The maximum absolute atomic E-state index is 12.5. The number of fused-ring (bicyclic) bond motifs is 3. The number of amides is 2. The molecule has 1 aliphatic rings. The molecule has 144 valence electrons. The van der Waals surface area contributed by atoms with Crippen molar-refractivity contribution >= 4 is 28.3 Å². The van der Waals surface area contributed by atoms with E-state index >= 15 is 0 Å². The van der Waals surface area contributed by atoms with Crippen molar-refractivity contribution in [2.45, 2.75) is 33.1 Å². The third kappa shape index (κ3) is 3.90. The summed E-state index contributed by atoms with van der Waals surface area (Å²) in [5.74, 6) is -0.148. The minimum Gasteiger partial charge on any atom is -0.488 e. The number of anilines is 1. The monoisotopic (exact) mass is 370 g/mol. The van der Waals surface area contributed by atoms with Gasteiger partial charge in [0.15, 0.2) is 5.75 Å². The van der Waals surface area contributed by atoms with Crippen LogP contribution in [0.15, 0.2) is 24.3 Å². The zero-order chi connectivity index (χ0) is 19.2. The number of hydrogen-bond acceptors (Lipinski definition) is 5. The van der Waals surface area contributed by atoms with Gasteiger partial charge >= 0.3 is 0 Å². The van der Waals surface area contributed by atoms with Crippen LogP contribution in [-0.2, 0) is 4.74 Å². The van der Waals surface area contributed by atoms with E-state index in [2.05, 4.69) is 17.6 Å². The van der Waals surface area contributed by atoms with Crippen molar-refractivity contribution in [2.24, 2.45) is 0 Å². The Morgan fingerprint density at radius 2 is 1.67 bits per heavy atom. The summed E-state index contributed by atoms with van der Waals surface area (Å²) in [7, 11) is 0. The van der Waals surface area contributed by atoms with E-state index in [-0.39, 0.29) is 11.8 Å². The van der Waals surface area contributed by atoms with Crippen LogP contribution in [0.1, 0.15) is 53.8 Å². The molecule has 0 fully saturated rings. The molecule has 2 aromatic carbocycles. The normalized spacial score (nSPS) is 13.0. The maximum atomic E-state index is 12.5. The summed E-state index contributed by atoms with van der Waals surface area (Å²) >= 11 is 0. The summed E-state index contributed by atoms with van der Waals surface area (Å²) in [5, 5.41) is 7.23. The molecule has 1 heterocycles. The lowest BCUT2D eigenvalue weighted by molar-refractivity contribution is 0.0880. The Hall–Kier alpha value is -2.60. The molecule has 0 saturated heterocycles. The topological polar surface area (TPSA) is 76.7 Å². The lowest BCUT2D eigenvalue weighted by Gasteiger charge is -2.18. The Balaban J connectivity index is 2.00. The van der Waals surface area contributed by atoms with Gasteiger partial charge in [-0.25, -0.2) is 0 Å². The van der Waals surface area contributed by atoms with Crippen LogP contribution < -0.4 is 15.4 Å². The van der Waals surface area contributed by atoms with E-state index in [4.69, 9.17) is 9.47 Å². The van der Waals surface area contributed by atoms with Gasteiger partial charge in [0.25, 0.3) is 11.8 Å². The highest BCUT2D eigenvalue weighted by molar-refractivity contribution is 6.30. The summed E-state index contributed by atoms with van der Waals surface area (Å²) in [6.07, 6.45) is 2.99. The number of hydrogen-bond donors (Lipinski definition) is 2. The average Bonchev–Trinajstić information content (AvgIpc) is 2.98. The van der Waals surface area contributed by atoms with Crippen molar-refractivity contribution in [3.8, 4) is 5.75 Å². The van der Waals surface area contributed by atoms with Gasteiger partial charge in [-0.3, -0.25) is 14.9 Å². The average molecular weight is 370 g/mol. The number of imide groups is 1. The van der Waals surface area contributed by atoms with Crippen molar-refractivity contribution in [1.29, 1.82) is 0 Å². The second-order valence-electron chi connectivity index (χ2n) is 6.52. The summed E-state index contributed by atoms with van der Waals surface area (Å²) < 4.78 is 11.6. The van der Waals surface area contributed by atoms with Gasteiger partial charge < -0.3 is 14.8 Å². The number of carbonyl (C=O) groups is 2. The number of benzene rings is 2. The molecule has 0 saturated carbocycles. The smallest absolute Gasteiger partial charge is 0.261 e. The van der Waals surface area contributed by atoms with Crippen LogP contribution in [0.3, 0.4) is 0 Å². The van der Waals surface area contributed by atoms with Gasteiger partial charge in [-0.1, -0.05) is 44.5 Å². The Morgan fingerprint density at radius 1 is 0.926 bits per heavy atom. The molecule has 3 rings (SSSR count). The SMILES string of the molecule is CCCCOCCOc1c(NCCC)c2c(c3ccccc13)C(=O)NC2=O. The Labute approximate surface area is 159 Å². The van der Waals surface area contributed by atoms with Crippen LogP contribution in [-0.4, -0.2) is 38.2 Å². The van der Waals surface area contributed by atoms with E-state index in [1.54, 1.807) is 0 Å². The minimum atomic E-state index is -0.386. The van der Waals surface area contributed by atoms with Crippen molar-refractivity contribution < 1.29 is 19.1 Å². The van der Waals surface area contributed by atoms with E-state index in [1.807, 2.05) is 31.2 Å². The molecule has 2 amide bonds. The first-order valence-electron chi connectivity index (χ1n) is 9.57. The Kier molecular flexibility index (Phi) is 6.29. The highest BCUT2D eigenvalue weighted by Gasteiger charge is 2.34. The first kappa shape index (κ1) is 19.2. The van der Waals surface area contributed by atoms with Gasteiger partial charge in [0.1, 0.15) is 6.61 Å². The zero-order valence-corrected chi connectivity index (χ0v) is 15.9. The number of nitrogens with one attached hydrogen (secondary N) is 2. The van der Waals surface area contributed by atoms with E-state index in [0.29, 0.717) is 48.9 Å². The van der Waals surface area contributed by atoms with Crippen LogP contribution in [0.25, 0.3) is 10.8 Å². The number of unbranched alkanes of at least 4 members (excludes halogenated alkanes) is 1. The Bertz CT molecular complexity index is 848. The maximum Gasteiger partial charge on any atom is 0.261 e. The summed E-state index contributed by atoms with van der Waals surface area (Å²) in [6, 6.07) is 7.52. The molecular weight excluding hydrogens is 344 g/mol. The third-order valence-electron chi connectivity index (χ3n) is 4.52. The number of ether oxygens (including phenoxy) is 2. The van der Waals surface area contributed by atoms with Crippen molar-refractivity contribution in [3.05, 3.63) is 35.4 Å². The van der Waals surface area contributed by atoms with Crippen molar-refractivity contribution in [3.63, 3.8) is 0 Å². The fraction of sp³-hybridized carbons (Fsp3) is 0.429. The molecule has 0 bridgehead atoms. The number of rotatable bonds is 10. The van der Waals surface area contributed by atoms with Crippen LogP contribution in [0, 0.1) is 0 Å². The van der Waals surface area contributed by atoms with Crippen molar-refractivity contribution in [2.75, 3.05) is 31.7 Å². The molecule has 0 spiro atoms. The molecule has 0 radical (unpaired) electrons. The molecule has 6 nitrogen and oxygen atoms in total. The fourth-order valence-corrected chi connectivity index (χ4v) is 3.22. The van der Waals surface area contributed by atoms with Gasteiger partial charge in [-0.2, -0.15) is 0 Å². The van der Waals surface area contributed by atoms with E-state index in [9.17, 15) is 9.59 Å². The molecule has 0 aliphatic carbocycles. The first-order valence-corrected chi connectivity index (χ1v) is 9.57. The van der Waals surface area contributed by atoms with Gasteiger partial charge in [-0.15, -0.1) is 0 Å². The molecule has 27 heavy (non-hydrogen) atoms. The molecule has 6 heteroatoms. The van der Waals surface area contributed by atoms with Crippen molar-refractivity contribution in [1.82, 2.24) is 5.32 Å². The quantitative estimate of drug-likeness (QED) is 0.492. The molecule has 0 atom stereocenters. The second-order valence-corrected chi connectivity index (χ2v) is 6.52. The summed E-state index contributed by atoms with van der Waals surface area (Å²) in [4.78, 5) is 24.8. The third-order valence-corrected chi connectivity index (χ3v) is 4.52. The lowest BCUT2D eigenvalue weighted by atomic mass is 9.97. The summed E-state index contributed by atoms with van der Waals surface area (Å²) in [6.45, 7) is 6.40. The largest absolute Gasteiger partial charge is 0.488 e. The Morgan fingerprint density at radius 3 is 2.41 bits per heavy atom. The lowest BCUT2D eigenvalue weighted by Crippen LogP contribution is -2.20. The minimum absolute atomic E-state index is 0.361. The second kappa shape index (κ2) is 8.86. The van der Waals surface area contributed by atoms with Crippen LogP contribution in [0.4, 0.5) is 5.69 Å². The first-order chi connectivity index (χ1) is 13.2. The van der Waals surface area contributed by atoms with E-state index < -0.39 is 0 Å². The standard InChI is InChI=1S/C21H26N2O4/c1-3-5-11-26-12-13-27-19-15-9-7-6-8-14(15)16-17(18(19)22-10-4-2)21(25)23-20(16)24/h6-9,22H,3-5,10-13H2,1-2H3,(H,23,24,25). The van der Waals surface area contributed by atoms with Gasteiger partial charge in [-0.05, 0) is 18.2 Å². The highest BCUT2D eigenvalue weighted by Crippen LogP contribution is 2.42. The van der Waals surface area contributed by atoms with E-state index in [0.717, 1.165) is 30.0 Å². The molecule has 0 aromatic heterocycles.